The quantitative estimate of drug-likeness (QED) is 0.791. The highest BCUT2D eigenvalue weighted by atomic mass is 16.5. The highest BCUT2D eigenvalue weighted by Crippen LogP contribution is 2.16. The zero-order valence-corrected chi connectivity index (χ0v) is 9.47. The van der Waals surface area contributed by atoms with Gasteiger partial charge in [0, 0.05) is 11.8 Å². The van der Waals surface area contributed by atoms with Crippen molar-refractivity contribution >= 4 is 5.69 Å². The van der Waals surface area contributed by atoms with Gasteiger partial charge >= 0.3 is 0 Å². The zero-order valence-electron chi connectivity index (χ0n) is 9.47. The van der Waals surface area contributed by atoms with E-state index in [4.69, 9.17) is 15.6 Å². The molecule has 0 aliphatic heterocycles. The normalized spacial score (nSPS) is 10.2. The summed E-state index contributed by atoms with van der Waals surface area (Å²) in [5.74, 6) is 0.760. The number of nitrogen functional groups attached to an aromatic ring is 1. The van der Waals surface area contributed by atoms with Crippen LogP contribution in [0.3, 0.4) is 0 Å². The molecule has 0 amide bonds. The Balaban J connectivity index is 1.97. The molecule has 0 aliphatic rings. The standard InChI is InChI=1S/C14H15NO2/c15-13-2-1-3-14(8-13)17-10-12-6-4-11(9-16)5-7-12/h1-8,16H,9-10,15H2. The van der Waals surface area contributed by atoms with Crippen molar-refractivity contribution < 1.29 is 9.84 Å². The molecule has 0 aromatic heterocycles. The molecule has 0 aliphatic carbocycles. The van der Waals surface area contributed by atoms with Crippen LogP contribution in [0.15, 0.2) is 48.5 Å². The molecule has 88 valence electrons. The summed E-state index contributed by atoms with van der Waals surface area (Å²) < 4.78 is 5.60. The predicted molar refractivity (Wildman–Crippen MR) is 67.6 cm³/mol. The van der Waals surface area contributed by atoms with Crippen LogP contribution in [0.25, 0.3) is 0 Å². The van der Waals surface area contributed by atoms with Crippen molar-refractivity contribution in [3.8, 4) is 5.75 Å². The molecule has 0 radical (unpaired) electrons. The van der Waals surface area contributed by atoms with E-state index in [1.165, 1.54) is 0 Å². The summed E-state index contributed by atoms with van der Waals surface area (Å²) in [6, 6.07) is 15.0. The van der Waals surface area contributed by atoms with Gasteiger partial charge in [-0.15, -0.1) is 0 Å². The molecule has 0 fully saturated rings. The summed E-state index contributed by atoms with van der Waals surface area (Å²) in [4.78, 5) is 0. The number of ether oxygens (including phenoxy) is 1. The van der Waals surface area contributed by atoms with Crippen molar-refractivity contribution in [3.05, 3.63) is 59.7 Å². The minimum atomic E-state index is 0.0658. The lowest BCUT2D eigenvalue weighted by Crippen LogP contribution is -1.96. The highest BCUT2D eigenvalue weighted by molar-refractivity contribution is 5.43. The predicted octanol–water partition coefficient (Wildman–Crippen LogP) is 2.34. The Morgan fingerprint density at radius 2 is 1.71 bits per heavy atom. The number of hydrogen-bond donors (Lipinski definition) is 2. The van der Waals surface area contributed by atoms with Crippen LogP contribution in [0, 0.1) is 0 Å². The Kier molecular flexibility index (Phi) is 3.62. The van der Waals surface area contributed by atoms with Gasteiger partial charge in [-0.05, 0) is 23.3 Å². The van der Waals surface area contributed by atoms with Crippen LogP contribution < -0.4 is 10.5 Å². The van der Waals surface area contributed by atoms with Gasteiger partial charge < -0.3 is 15.6 Å². The van der Waals surface area contributed by atoms with Crippen molar-refractivity contribution in [2.24, 2.45) is 0 Å². The smallest absolute Gasteiger partial charge is 0.121 e. The molecule has 0 heterocycles. The first-order valence-electron chi connectivity index (χ1n) is 5.45. The number of hydrogen-bond acceptors (Lipinski definition) is 3. The summed E-state index contributed by atoms with van der Waals surface area (Å²) in [7, 11) is 0. The van der Waals surface area contributed by atoms with Gasteiger partial charge in [0.25, 0.3) is 0 Å². The zero-order chi connectivity index (χ0) is 12.1. The van der Waals surface area contributed by atoms with E-state index in [9.17, 15) is 0 Å². The monoisotopic (exact) mass is 229 g/mol. The van der Waals surface area contributed by atoms with E-state index in [0.29, 0.717) is 12.3 Å². The molecule has 3 N–H and O–H groups in total. The van der Waals surface area contributed by atoms with Crippen molar-refractivity contribution in [1.82, 2.24) is 0 Å². The summed E-state index contributed by atoms with van der Waals surface area (Å²) in [5, 5.41) is 8.92. The van der Waals surface area contributed by atoms with Gasteiger partial charge in [-0.25, -0.2) is 0 Å². The van der Waals surface area contributed by atoms with Gasteiger partial charge in [-0.1, -0.05) is 30.3 Å². The molecule has 0 spiro atoms. The Morgan fingerprint density at radius 1 is 1.00 bits per heavy atom. The van der Waals surface area contributed by atoms with Crippen LogP contribution in [0.1, 0.15) is 11.1 Å². The maximum absolute atomic E-state index is 8.92. The van der Waals surface area contributed by atoms with E-state index in [1.807, 2.05) is 42.5 Å². The van der Waals surface area contributed by atoms with Crippen LogP contribution in [0.2, 0.25) is 0 Å². The number of aliphatic hydroxyl groups is 1. The van der Waals surface area contributed by atoms with E-state index in [2.05, 4.69) is 0 Å². The number of rotatable bonds is 4. The van der Waals surface area contributed by atoms with Crippen LogP contribution in [0.5, 0.6) is 5.75 Å². The molecule has 0 saturated heterocycles. The second kappa shape index (κ2) is 5.37. The van der Waals surface area contributed by atoms with E-state index in [0.717, 1.165) is 16.9 Å². The third-order valence-corrected chi connectivity index (χ3v) is 2.47. The van der Waals surface area contributed by atoms with E-state index in [-0.39, 0.29) is 6.61 Å². The fourth-order valence-electron chi connectivity index (χ4n) is 1.51. The van der Waals surface area contributed by atoms with Crippen LogP contribution in [0.4, 0.5) is 5.69 Å². The number of nitrogens with two attached hydrogens (primary N) is 1. The molecule has 3 nitrogen and oxygen atoms in total. The van der Waals surface area contributed by atoms with E-state index in [1.54, 1.807) is 6.07 Å². The van der Waals surface area contributed by atoms with Gasteiger partial charge in [-0.2, -0.15) is 0 Å². The topological polar surface area (TPSA) is 55.5 Å². The number of benzene rings is 2. The average molecular weight is 229 g/mol. The molecular weight excluding hydrogens is 214 g/mol. The lowest BCUT2D eigenvalue weighted by molar-refractivity contribution is 0.281. The summed E-state index contributed by atoms with van der Waals surface area (Å²) >= 11 is 0. The average Bonchev–Trinajstić information content (AvgIpc) is 2.37. The molecule has 2 aromatic carbocycles. The Bertz CT molecular complexity index is 480. The molecule has 2 aromatic rings. The van der Waals surface area contributed by atoms with Gasteiger partial charge in [0.1, 0.15) is 12.4 Å². The third kappa shape index (κ3) is 3.23. The lowest BCUT2D eigenvalue weighted by Gasteiger charge is -2.07. The minimum absolute atomic E-state index is 0.0658. The van der Waals surface area contributed by atoms with Crippen LogP contribution in [-0.4, -0.2) is 5.11 Å². The lowest BCUT2D eigenvalue weighted by atomic mass is 10.1. The number of anilines is 1. The first kappa shape index (κ1) is 11.5. The van der Waals surface area contributed by atoms with Crippen molar-refractivity contribution in [2.45, 2.75) is 13.2 Å². The van der Waals surface area contributed by atoms with Crippen LogP contribution >= 0.6 is 0 Å². The summed E-state index contributed by atoms with van der Waals surface area (Å²) in [6.07, 6.45) is 0. The van der Waals surface area contributed by atoms with Gasteiger partial charge in [0.05, 0.1) is 6.61 Å². The molecule has 3 heteroatoms. The number of aliphatic hydroxyl groups excluding tert-OH is 1. The molecule has 0 saturated carbocycles. The fourth-order valence-corrected chi connectivity index (χ4v) is 1.51. The largest absolute Gasteiger partial charge is 0.489 e. The van der Waals surface area contributed by atoms with Gasteiger partial charge in [0.2, 0.25) is 0 Å². The Labute approximate surface area is 100 Å². The molecule has 0 unspecified atom stereocenters. The summed E-state index contributed by atoms with van der Waals surface area (Å²) in [6.45, 7) is 0.561. The van der Waals surface area contributed by atoms with Gasteiger partial charge in [0.15, 0.2) is 0 Å². The first-order chi connectivity index (χ1) is 8.28. The molecule has 0 bridgehead atoms. The first-order valence-corrected chi connectivity index (χ1v) is 5.45. The second-order valence-electron chi connectivity index (χ2n) is 3.84. The molecule has 2 rings (SSSR count). The van der Waals surface area contributed by atoms with E-state index >= 15 is 0 Å². The third-order valence-electron chi connectivity index (χ3n) is 2.47. The molecule has 17 heavy (non-hydrogen) atoms. The van der Waals surface area contributed by atoms with Crippen molar-refractivity contribution in [3.63, 3.8) is 0 Å². The summed E-state index contributed by atoms with van der Waals surface area (Å²) in [5.41, 5.74) is 8.31. The minimum Gasteiger partial charge on any atom is -0.489 e. The second-order valence-corrected chi connectivity index (χ2v) is 3.84. The van der Waals surface area contributed by atoms with E-state index < -0.39 is 0 Å². The molecule has 0 atom stereocenters. The molecular formula is C14H15NO2. The van der Waals surface area contributed by atoms with Crippen molar-refractivity contribution in [1.29, 1.82) is 0 Å². The fraction of sp³-hybridized carbons (Fsp3) is 0.143. The van der Waals surface area contributed by atoms with Crippen molar-refractivity contribution in [2.75, 3.05) is 5.73 Å². The maximum Gasteiger partial charge on any atom is 0.121 e. The van der Waals surface area contributed by atoms with Gasteiger partial charge in [-0.3, -0.25) is 0 Å². The Morgan fingerprint density at radius 3 is 2.35 bits per heavy atom. The van der Waals surface area contributed by atoms with Crippen LogP contribution in [-0.2, 0) is 13.2 Å². The maximum atomic E-state index is 8.92. The Hall–Kier alpha value is -2.00. The SMILES string of the molecule is Nc1cccc(OCc2ccc(CO)cc2)c1. The highest BCUT2D eigenvalue weighted by Gasteiger charge is 1.97.